The maximum Gasteiger partial charge on any atom is 0.303 e. The maximum absolute atomic E-state index is 14.0. The standard InChI is InChI=1S/C23H21BrF2N4O5/c1-12-18(6-16-7-28-17(8-27-16)9-29-20(32)11-34-13(2)31)22(21(24)23(33)30-12)35-10-14-3-4-15(25)5-19(14)26/h3-5,7-8H,6,9-11H2,1-2H3,(H,29,32)(H,30,33). The van der Waals surface area contributed by atoms with Crippen LogP contribution in [-0.4, -0.2) is 33.4 Å². The number of esters is 1. The fraction of sp³-hybridized carbons (Fsp3) is 0.261. The third kappa shape index (κ3) is 7.15. The zero-order valence-corrected chi connectivity index (χ0v) is 20.4. The average Bonchev–Trinajstić information content (AvgIpc) is 2.81. The molecule has 2 heterocycles. The Balaban J connectivity index is 1.73. The van der Waals surface area contributed by atoms with E-state index in [4.69, 9.17) is 4.74 Å². The highest BCUT2D eigenvalue weighted by Gasteiger charge is 2.18. The van der Waals surface area contributed by atoms with E-state index in [1.54, 1.807) is 6.92 Å². The van der Waals surface area contributed by atoms with Crippen LogP contribution in [0.4, 0.5) is 8.78 Å². The number of ether oxygens (including phenoxy) is 2. The number of carbonyl (C=O) groups is 2. The number of nitrogens with zero attached hydrogens (tertiary/aromatic N) is 2. The van der Waals surface area contributed by atoms with Crippen LogP contribution in [0, 0.1) is 18.6 Å². The average molecular weight is 551 g/mol. The van der Waals surface area contributed by atoms with Gasteiger partial charge in [0.05, 0.1) is 24.1 Å². The smallest absolute Gasteiger partial charge is 0.303 e. The topological polar surface area (TPSA) is 123 Å². The lowest BCUT2D eigenvalue weighted by atomic mass is 10.1. The van der Waals surface area contributed by atoms with E-state index in [-0.39, 0.29) is 42.0 Å². The van der Waals surface area contributed by atoms with E-state index in [0.717, 1.165) is 12.1 Å². The molecule has 35 heavy (non-hydrogen) atoms. The maximum atomic E-state index is 14.0. The fourth-order valence-corrected chi connectivity index (χ4v) is 3.46. The minimum Gasteiger partial charge on any atom is -0.487 e. The van der Waals surface area contributed by atoms with Gasteiger partial charge in [-0.3, -0.25) is 24.4 Å². The van der Waals surface area contributed by atoms with Crippen LogP contribution in [0.1, 0.15) is 35.1 Å². The van der Waals surface area contributed by atoms with Crippen LogP contribution in [0.15, 0.2) is 39.9 Å². The van der Waals surface area contributed by atoms with Gasteiger partial charge in [-0.2, -0.15) is 0 Å². The second-order valence-electron chi connectivity index (χ2n) is 7.46. The molecule has 1 amide bonds. The predicted molar refractivity (Wildman–Crippen MR) is 124 cm³/mol. The van der Waals surface area contributed by atoms with Crippen molar-refractivity contribution in [3.63, 3.8) is 0 Å². The highest BCUT2D eigenvalue weighted by Crippen LogP contribution is 2.30. The molecule has 0 unspecified atom stereocenters. The SMILES string of the molecule is CC(=O)OCC(=O)NCc1cnc(Cc2c(C)[nH]c(=O)c(Br)c2OCc2ccc(F)cc2F)cn1. The molecule has 0 fully saturated rings. The first-order chi connectivity index (χ1) is 16.6. The van der Waals surface area contributed by atoms with Gasteiger partial charge in [-0.15, -0.1) is 0 Å². The molecule has 2 N–H and O–H groups in total. The molecule has 12 heteroatoms. The second kappa shape index (κ2) is 11.6. The quantitative estimate of drug-likeness (QED) is 0.392. The van der Waals surface area contributed by atoms with Crippen molar-refractivity contribution in [1.82, 2.24) is 20.3 Å². The first kappa shape index (κ1) is 25.9. The Hall–Kier alpha value is -3.67. The van der Waals surface area contributed by atoms with Gasteiger partial charge in [-0.25, -0.2) is 8.78 Å². The highest BCUT2D eigenvalue weighted by molar-refractivity contribution is 9.10. The third-order valence-corrected chi connectivity index (χ3v) is 5.52. The fourth-order valence-electron chi connectivity index (χ4n) is 3.01. The summed E-state index contributed by atoms with van der Waals surface area (Å²) < 4.78 is 37.7. The molecule has 3 aromatic rings. The van der Waals surface area contributed by atoms with Crippen LogP contribution in [0.3, 0.4) is 0 Å². The van der Waals surface area contributed by atoms with E-state index < -0.39 is 29.1 Å². The van der Waals surface area contributed by atoms with Gasteiger partial charge >= 0.3 is 5.97 Å². The van der Waals surface area contributed by atoms with Crippen LogP contribution >= 0.6 is 15.9 Å². The van der Waals surface area contributed by atoms with Gasteiger partial charge in [-0.1, -0.05) is 0 Å². The van der Waals surface area contributed by atoms with Gasteiger partial charge in [0, 0.05) is 42.4 Å². The zero-order valence-electron chi connectivity index (χ0n) is 18.8. The Morgan fingerprint density at radius 2 is 1.89 bits per heavy atom. The third-order valence-electron chi connectivity index (χ3n) is 4.80. The Bertz CT molecular complexity index is 1300. The molecule has 0 aliphatic carbocycles. The molecule has 9 nitrogen and oxygen atoms in total. The molecule has 184 valence electrons. The number of pyridine rings is 1. The van der Waals surface area contributed by atoms with Crippen LogP contribution in [-0.2, 0) is 33.9 Å². The van der Waals surface area contributed by atoms with E-state index >= 15 is 0 Å². The van der Waals surface area contributed by atoms with Gasteiger partial charge < -0.3 is 19.8 Å². The molecule has 0 bridgehead atoms. The molecule has 0 saturated heterocycles. The molecule has 0 radical (unpaired) electrons. The predicted octanol–water partition coefficient (Wildman–Crippen LogP) is 2.86. The van der Waals surface area contributed by atoms with E-state index in [1.807, 2.05) is 0 Å². The van der Waals surface area contributed by atoms with Crippen LogP contribution in [0.25, 0.3) is 0 Å². The summed E-state index contributed by atoms with van der Waals surface area (Å²) in [5.41, 5.74) is 1.84. The number of amides is 1. The Morgan fingerprint density at radius 3 is 2.54 bits per heavy atom. The molecule has 0 atom stereocenters. The highest BCUT2D eigenvalue weighted by atomic mass is 79.9. The minimum atomic E-state index is -0.759. The van der Waals surface area contributed by atoms with Crippen LogP contribution < -0.4 is 15.6 Å². The second-order valence-corrected chi connectivity index (χ2v) is 8.25. The number of aromatic nitrogens is 3. The summed E-state index contributed by atoms with van der Waals surface area (Å²) >= 11 is 3.22. The number of aryl methyl sites for hydroxylation is 1. The van der Waals surface area contributed by atoms with Crippen molar-refractivity contribution >= 4 is 27.8 Å². The molecule has 2 aromatic heterocycles. The molecular weight excluding hydrogens is 530 g/mol. The lowest BCUT2D eigenvalue weighted by Crippen LogP contribution is -2.28. The van der Waals surface area contributed by atoms with Gasteiger partial charge in [0.1, 0.15) is 28.5 Å². The summed E-state index contributed by atoms with van der Waals surface area (Å²) in [6.45, 7) is 2.38. The van der Waals surface area contributed by atoms with Gasteiger partial charge in [-0.05, 0) is 35.0 Å². The number of halogens is 3. The van der Waals surface area contributed by atoms with E-state index in [2.05, 4.69) is 40.9 Å². The lowest BCUT2D eigenvalue weighted by Gasteiger charge is -2.15. The van der Waals surface area contributed by atoms with Gasteiger partial charge in [0.15, 0.2) is 6.61 Å². The molecule has 1 aromatic carbocycles. The summed E-state index contributed by atoms with van der Waals surface area (Å²) in [4.78, 5) is 45.9. The largest absolute Gasteiger partial charge is 0.487 e. The number of nitrogens with one attached hydrogen (secondary N) is 2. The van der Waals surface area contributed by atoms with Crippen LogP contribution in [0.5, 0.6) is 5.75 Å². The van der Waals surface area contributed by atoms with E-state index in [0.29, 0.717) is 22.6 Å². The minimum absolute atomic E-state index is 0.0915. The van der Waals surface area contributed by atoms with Crippen LogP contribution in [0.2, 0.25) is 0 Å². The number of carbonyl (C=O) groups excluding carboxylic acids is 2. The Kier molecular flexibility index (Phi) is 8.63. The Morgan fingerprint density at radius 1 is 1.17 bits per heavy atom. The molecule has 3 rings (SSSR count). The number of aromatic amines is 1. The van der Waals surface area contributed by atoms with Gasteiger partial charge in [0.25, 0.3) is 11.5 Å². The lowest BCUT2D eigenvalue weighted by molar-refractivity contribution is -0.146. The van der Waals surface area contributed by atoms with Crippen molar-refractivity contribution in [1.29, 1.82) is 0 Å². The summed E-state index contributed by atoms with van der Waals surface area (Å²) in [5, 5.41) is 2.56. The zero-order chi connectivity index (χ0) is 25.5. The van der Waals surface area contributed by atoms with Crippen molar-refractivity contribution in [2.24, 2.45) is 0 Å². The van der Waals surface area contributed by atoms with E-state index in [9.17, 15) is 23.2 Å². The first-order valence-corrected chi connectivity index (χ1v) is 11.1. The van der Waals surface area contributed by atoms with Crippen molar-refractivity contribution in [3.8, 4) is 5.75 Å². The van der Waals surface area contributed by atoms with Crippen molar-refractivity contribution < 1.29 is 27.8 Å². The molecule has 0 spiro atoms. The summed E-state index contributed by atoms with van der Waals surface area (Å²) in [5.74, 6) is -2.28. The number of rotatable bonds is 9. The summed E-state index contributed by atoms with van der Waals surface area (Å²) in [6, 6.07) is 3.15. The number of hydrogen-bond donors (Lipinski definition) is 2. The van der Waals surface area contributed by atoms with Gasteiger partial charge in [0.2, 0.25) is 0 Å². The van der Waals surface area contributed by atoms with Crippen molar-refractivity contribution in [3.05, 3.63) is 85.3 Å². The van der Waals surface area contributed by atoms with Crippen molar-refractivity contribution in [2.45, 2.75) is 33.4 Å². The number of H-pyrrole nitrogens is 1. The summed E-state index contributed by atoms with van der Waals surface area (Å²) in [7, 11) is 0. The molecule has 0 saturated carbocycles. The summed E-state index contributed by atoms with van der Waals surface area (Å²) in [6.07, 6.45) is 3.22. The molecule has 0 aliphatic rings. The van der Waals surface area contributed by atoms with Crippen molar-refractivity contribution in [2.75, 3.05) is 6.61 Å². The molecule has 0 aliphatic heterocycles. The monoisotopic (exact) mass is 550 g/mol. The number of benzene rings is 1. The molecular formula is C23H21BrF2N4O5. The first-order valence-electron chi connectivity index (χ1n) is 10.3. The number of hydrogen-bond acceptors (Lipinski definition) is 7. The Labute approximate surface area is 207 Å². The normalized spacial score (nSPS) is 10.7. The van der Waals surface area contributed by atoms with E-state index in [1.165, 1.54) is 25.4 Å².